The molecule has 1 fully saturated rings. The van der Waals surface area contributed by atoms with E-state index < -0.39 is 0 Å². The molecular formula is C12H15N3O2. The SMILES string of the molecule is N#CCC1NCCCN(Cc2ccco2)C1=O. The number of nitrogens with one attached hydrogen (secondary N) is 1. The van der Waals surface area contributed by atoms with Crippen molar-refractivity contribution in [3.63, 3.8) is 0 Å². The number of hydrogen-bond donors (Lipinski definition) is 1. The van der Waals surface area contributed by atoms with Crippen LogP contribution in [0.1, 0.15) is 18.6 Å². The highest BCUT2D eigenvalue weighted by Gasteiger charge is 2.26. The lowest BCUT2D eigenvalue weighted by Crippen LogP contribution is -2.43. The van der Waals surface area contributed by atoms with E-state index in [-0.39, 0.29) is 18.4 Å². The minimum Gasteiger partial charge on any atom is -0.467 e. The van der Waals surface area contributed by atoms with Gasteiger partial charge >= 0.3 is 0 Å². The van der Waals surface area contributed by atoms with Crippen molar-refractivity contribution in [1.82, 2.24) is 10.2 Å². The van der Waals surface area contributed by atoms with Crippen molar-refractivity contribution in [2.45, 2.75) is 25.4 Å². The fourth-order valence-electron chi connectivity index (χ4n) is 1.96. The van der Waals surface area contributed by atoms with Crippen LogP contribution in [-0.4, -0.2) is 29.9 Å². The van der Waals surface area contributed by atoms with Crippen molar-refractivity contribution in [1.29, 1.82) is 5.26 Å². The summed E-state index contributed by atoms with van der Waals surface area (Å²) < 4.78 is 5.24. The van der Waals surface area contributed by atoms with Crippen LogP contribution in [0.2, 0.25) is 0 Å². The Labute approximate surface area is 100 Å². The average Bonchev–Trinajstić information content (AvgIpc) is 2.77. The largest absolute Gasteiger partial charge is 0.467 e. The standard InChI is InChI=1S/C12H15N3O2/c13-5-4-11-12(16)15(7-2-6-14-11)9-10-3-1-8-17-10/h1,3,8,11,14H,2,4,6-7,9H2. The van der Waals surface area contributed by atoms with E-state index >= 15 is 0 Å². The Balaban J connectivity index is 2.04. The van der Waals surface area contributed by atoms with E-state index in [0.29, 0.717) is 13.1 Å². The molecule has 1 aliphatic rings. The van der Waals surface area contributed by atoms with Crippen molar-refractivity contribution in [2.75, 3.05) is 13.1 Å². The van der Waals surface area contributed by atoms with Crippen LogP contribution < -0.4 is 5.32 Å². The van der Waals surface area contributed by atoms with Gasteiger partial charge in [-0.15, -0.1) is 0 Å². The Morgan fingerprint density at radius 3 is 3.24 bits per heavy atom. The summed E-state index contributed by atoms with van der Waals surface area (Å²) in [6, 6.07) is 5.32. The molecule has 2 heterocycles. The molecule has 0 aromatic carbocycles. The van der Waals surface area contributed by atoms with Crippen LogP contribution in [0.3, 0.4) is 0 Å². The third kappa shape index (κ3) is 2.86. The lowest BCUT2D eigenvalue weighted by atomic mass is 10.2. The first kappa shape index (κ1) is 11.7. The summed E-state index contributed by atoms with van der Waals surface area (Å²) in [4.78, 5) is 13.9. The molecule has 5 heteroatoms. The average molecular weight is 233 g/mol. The second-order valence-electron chi connectivity index (χ2n) is 4.06. The van der Waals surface area contributed by atoms with Gasteiger partial charge in [0.25, 0.3) is 0 Å². The number of amides is 1. The lowest BCUT2D eigenvalue weighted by Gasteiger charge is -2.22. The topological polar surface area (TPSA) is 69.3 Å². The highest BCUT2D eigenvalue weighted by atomic mass is 16.3. The van der Waals surface area contributed by atoms with E-state index in [1.165, 1.54) is 0 Å². The fourth-order valence-corrected chi connectivity index (χ4v) is 1.96. The monoisotopic (exact) mass is 233 g/mol. The van der Waals surface area contributed by atoms with Crippen molar-refractivity contribution in [2.24, 2.45) is 0 Å². The van der Waals surface area contributed by atoms with Gasteiger partial charge in [-0.1, -0.05) is 0 Å². The van der Waals surface area contributed by atoms with Gasteiger partial charge in [0.1, 0.15) is 5.76 Å². The Hall–Kier alpha value is -1.80. The molecule has 1 amide bonds. The molecule has 2 rings (SSSR count). The van der Waals surface area contributed by atoms with Gasteiger partial charge in [-0.3, -0.25) is 4.79 Å². The molecule has 0 saturated carbocycles. The summed E-state index contributed by atoms with van der Waals surface area (Å²) in [5.41, 5.74) is 0. The Kier molecular flexibility index (Phi) is 3.78. The summed E-state index contributed by atoms with van der Waals surface area (Å²) in [5.74, 6) is 0.761. The zero-order valence-electron chi connectivity index (χ0n) is 9.56. The Bertz CT molecular complexity index is 408. The molecule has 0 radical (unpaired) electrons. The minimum absolute atomic E-state index is 0.0135. The summed E-state index contributed by atoms with van der Waals surface area (Å²) in [7, 11) is 0. The molecule has 0 spiro atoms. The number of hydrogen-bond acceptors (Lipinski definition) is 4. The number of nitriles is 1. The summed E-state index contributed by atoms with van der Waals surface area (Å²) >= 11 is 0. The van der Waals surface area contributed by atoms with Gasteiger partial charge in [-0.2, -0.15) is 5.26 Å². The minimum atomic E-state index is -0.377. The summed E-state index contributed by atoms with van der Waals surface area (Å²) in [6.07, 6.45) is 2.71. The van der Waals surface area contributed by atoms with Gasteiger partial charge in [-0.25, -0.2) is 0 Å². The predicted molar refractivity (Wildman–Crippen MR) is 60.8 cm³/mol. The molecule has 17 heavy (non-hydrogen) atoms. The predicted octanol–water partition coefficient (Wildman–Crippen LogP) is 0.884. The molecule has 5 nitrogen and oxygen atoms in total. The zero-order valence-corrected chi connectivity index (χ0v) is 9.56. The van der Waals surface area contributed by atoms with Gasteiger partial charge in [0.05, 0.1) is 31.3 Å². The number of carbonyl (C=O) groups is 1. The van der Waals surface area contributed by atoms with E-state index in [1.807, 2.05) is 18.2 Å². The molecule has 1 aromatic rings. The molecule has 1 N–H and O–H groups in total. The number of nitrogens with zero attached hydrogens (tertiary/aromatic N) is 2. The fraction of sp³-hybridized carbons (Fsp3) is 0.500. The highest BCUT2D eigenvalue weighted by Crippen LogP contribution is 2.11. The van der Waals surface area contributed by atoms with Crippen LogP contribution >= 0.6 is 0 Å². The van der Waals surface area contributed by atoms with Gasteiger partial charge in [-0.05, 0) is 25.1 Å². The number of rotatable bonds is 3. The maximum absolute atomic E-state index is 12.1. The zero-order chi connectivity index (χ0) is 12.1. The number of carbonyl (C=O) groups excluding carboxylic acids is 1. The second-order valence-corrected chi connectivity index (χ2v) is 4.06. The normalized spacial score (nSPS) is 21.0. The van der Waals surface area contributed by atoms with Crippen LogP contribution in [0.5, 0.6) is 0 Å². The quantitative estimate of drug-likeness (QED) is 0.841. The van der Waals surface area contributed by atoms with E-state index in [9.17, 15) is 4.79 Å². The first-order chi connectivity index (χ1) is 8.31. The summed E-state index contributed by atoms with van der Waals surface area (Å²) in [5, 5.41) is 11.8. The molecule has 0 bridgehead atoms. The lowest BCUT2D eigenvalue weighted by molar-refractivity contribution is -0.133. The van der Waals surface area contributed by atoms with Gasteiger partial charge in [0.2, 0.25) is 5.91 Å². The summed E-state index contributed by atoms with van der Waals surface area (Å²) in [6.45, 7) is 1.96. The molecule has 1 aromatic heterocycles. The van der Waals surface area contributed by atoms with E-state index in [4.69, 9.17) is 9.68 Å². The highest BCUT2D eigenvalue weighted by molar-refractivity contribution is 5.82. The molecule has 1 unspecified atom stereocenters. The van der Waals surface area contributed by atoms with Crippen LogP contribution in [-0.2, 0) is 11.3 Å². The van der Waals surface area contributed by atoms with Crippen LogP contribution in [0.4, 0.5) is 0 Å². The van der Waals surface area contributed by atoms with Crippen LogP contribution in [0.15, 0.2) is 22.8 Å². The smallest absolute Gasteiger partial charge is 0.241 e. The molecule has 1 aliphatic heterocycles. The Morgan fingerprint density at radius 1 is 1.65 bits per heavy atom. The Morgan fingerprint density at radius 2 is 2.53 bits per heavy atom. The molecule has 90 valence electrons. The van der Waals surface area contributed by atoms with Gasteiger partial charge < -0.3 is 14.6 Å². The first-order valence-electron chi connectivity index (χ1n) is 5.73. The first-order valence-corrected chi connectivity index (χ1v) is 5.73. The van der Waals surface area contributed by atoms with Crippen molar-refractivity contribution >= 4 is 5.91 Å². The molecule has 1 atom stereocenters. The van der Waals surface area contributed by atoms with Crippen LogP contribution in [0, 0.1) is 11.3 Å². The second kappa shape index (κ2) is 5.51. The molecular weight excluding hydrogens is 218 g/mol. The number of furan rings is 1. The molecule has 0 aliphatic carbocycles. The maximum Gasteiger partial charge on any atom is 0.241 e. The van der Waals surface area contributed by atoms with Crippen molar-refractivity contribution in [3.05, 3.63) is 24.2 Å². The van der Waals surface area contributed by atoms with Crippen molar-refractivity contribution in [3.8, 4) is 6.07 Å². The molecule has 1 saturated heterocycles. The third-order valence-electron chi connectivity index (χ3n) is 2.83. The van der Waals surface area contributed by atoms with E-state index in [0.717, 1.165) is 18.7 Å². The maximum atomic E-state index is 12.1. The van der Waals surface area contributed by atoms with Crippen molar-refractivity contribution < 1.29 is 9.21 Å². The van der Waals surface area contributed by atoms with Gasteiger partial charge in [0, 0.05) is 6.54 Å². The third-order valence-corrected chi connectivity index (χ3v) is 2.83. The van der Waals surface area contributed by atoms with Gasteiger partial charge in [0.15, 0.2) is 0 Å². The van der Waals surface area contributed by atoms with E-state index in [1.54, 1.807) is 11.2 Å². The van der Waals surface area contributed by atoms with E-state index in [2.05, 4.69) is 5.32 Å². The van der Waals surface area contributed by atoms with Crippen LogP contribution in [0.25, 0.3) is 0 Å².